The molecule has 0 saturated heterocycles. The second kappa shape index (κ2) is 5.90. The summed E-state index contributed by atoms with van der Waals surface area (Å²) in [6, 6.07) is 5.45. The quantitative estimate of drug-likeness (QED) is 0.791. The maximum absolute atomic E-state index is 12.1. The van der Waals surface area contributed by atoms with Gasteiger partial charge in [-0.05, 0) is 25.1 Å². The fourth-order valence-electron chi connectivity index (χ4n) is 1.96. The lowest BCUT2D eigenvalue weighted by Crippen LogP contribution is -2.16. The first-order valence-corrected chi connectivity index (χ1v) is 7.59. The number of hydrogen-bond donors (Lipinski definition) is 1. The lowest BCUT2D eigenvalue weighted by atomic mass is 10.3. The van der Waals surface area contributed by atoms with Crippen LogP contribution in [0, 0.1) is 6.92 Å². The molecule has 0 unspecified atom stereocenters. The molecule has 114 valence electrons. The van der Waals surface area contributed by atoms with Gasteiger partial charge in [0.1, 0.15) is 5.69 Å². The van der Waals surface area contributed by atoms with E-state index in [2.05, 4.69) is 20.6 Å². The van der Waals surface area contributed by atoms with E-state index in [1.807, 2.05) is 19.1 Å². The highest BCUT2D eigenvalue weighted by Crippen LogP contribution is 2.23. The van der Waals surface area contributed by atoms with Crippen LogP contribution in [0.5, 0.6) is 0 Å². The molecule has 0 bridgehead atoms. The Bertz CT molecular complexity index is 822. The van der Waals surface area contributed by atoms with Crippen LogP contribution in [-0.2, 0) is 13.5 Å². The Morgan fingerprint density at radius 2 is 2.27 bits per heavy atom. The largest absolute Gasteiger partial charge is 0.407 e. The molecular weight excluding hydrogens is 326 g/mol. The summed E-state index contributed by atoms with van der Waals surface area (Å²) in [5.41, 5.74) is 1.18. The van der Waals surface area contributed by atoms with Crippen molar-refractivity contribution in [1.29, 1.82) is 0 Å². The number of aromatic nitrogens is 4. The Morgan fingerprint density at radius 1 is 1.45 bits per heavy atom. The second-order valence-electron chi connectivity index (χ2n) is 4.63. The Hall–Kier alpha value is -2.19. The van der Waals surface area contributed by atoms with E-state index in [9.17, 15) is 4.79 Å². The maximum Gasteiger partial charge on any atom is 0.322 e. The highest BCUT2D eigenvalue weighted by atomic mass is 35.5. The van der Waals surface area contributed by atoms with Gasteiger partial charge in [0.2, 0.25) is 5.89 Å². The van der Waals surface area contributed by atoms with Gasteiger partial charge >= 0.3 is 6.01 Å². The van der Waals surface area contributed by atoms with E-state index >= 15 is 0 Å². The number of amides is 1. The van der Waals surface area contributed by atoms with Gasteiger partial charge in [-0.2, -0.15) is 5.10 Å². The van der Waals surface area contributed by atoms with Gasteiger partial charge in [0.15, 0.2) is 0 Å². The molecule has 3 aromatic heterocycles. The van der Waals surface area contributed by atoms with E-state index in [1.165, 1.54) is 16.0 Å². The lowest BCUT2D eigenvalue weighted by molar-refractivity contribution is 0.101. The highest BCUT2D eigenvalue weighted by molar-refractivity contribution is 7.16. The zero-order valence-corrected chi connectivity index (χ0v) is 13.4. The first-order valence-electron chi connectivity index (χ1n) is 6.40. The maximum atomic E-state index is 12.1. The third kappa shape index (κ3) is 3.18. The van der Waals surface area contributed by atoms with Gasteiger partial charge in [-0.3, -0.25) is 14.8 Å². The first-order chi connectivity index (χ1) is 10.5. The van der Waals surface area contributed by atoms with Gasteiger partial charge in [-0.15, -0.1) is 16.4 Å². The summed E-state index contributed by atoms with van der Waals surface area (Å²) < 4.78 is 7.61. The molecule has 7 nitrogen and oxygen atoms in total. The van der Waals surface area contributed by atoms with E-state index in [-0.39, 0.29) is 11.9 Å². The summed E-state index contributed by atoms with van der Waals surface area (Å²) in [7, 11) is 1.70. The topological polar surface area (TPSA) is 85.8 Å². The standard InChI is InChI=1S/C13H12ClN5O2S/c1-7-5-9(19(2)18-7)12(20)15-13-17-16-11(21-13)6-8-3-4-10(14)22-8/h3-5H,6H2,1-2H3,(H,15,17,20). The predicted molar refractivity (Wildman–Crippen MR) is 82.3 cm³/mol. The summed E-state index contributed by atoms with van der Waals surface area (Å²) in [4.78, 5) is 13.1. The number of nitrogens with one attached hydrogen (secondary N) is 1. The lowest BCUT2D eigenvalue weighted by Gasteiger charge is -1.99. The Balaban J connectivity index is 1.69. The van der Waals surface area contributed by atoms with Crippen molar-refractivity contribution in [2.45, 2.75) is 13.3 Å². The van der Waals surface area contributed by atoms with Crippen LogP contribution in [0.15, 0.2) is 22.6 Å². The van der Waals surface area contributed by atoms with Gasteiger partial charge in [-0.25, -0.2) is 0 Å². The summed E-state index contributed by atoms with van der Waals surface area (Å²) >= 11 is 7.32. The Kier molecular flexibility index (Phi) is 3.95. The number of halogens is 1. The van der Waals surface area contributed by atoms with Crippen LogP contribution in [0.3, 0.4) is 0 Å². The van der Waals surface area contributed by atoms with Crippen LogP contribution >= 0.6 is 22.9 Å². The number of carbonyl (C=O) groups is 1. The van der Waals surface area contributed by atoms with E-state index in [4.69, 9.17) is 16.0 Å². The van der Waals surface area contributed by atoms with Gasteiger partial charge in [-0.1, -0.05) is 16.7 Å². The molecule has 3 aromatic rings. The predicted octanol–water partition coefficient (Wildman–Crippen LogP) is 2.67. The van der Waals surface area contributed by atoms with Gasteiger partial charge in [0.25, 0.3) is 5.91 Å². The van der Waals surface area contributed by atoms with Gasteiger partial charge in [0, 0.05) is 11.9 Å². The number of rotatable bonds is 4. The molecule has 0 aliphatic rings. The number of nitrogens with zero attached hydrogens (tertiary/aromatic N) is 4. The number of carbonyl (C=O) groups excluding carboxylic acids is 1. The van der Waals surface area contributed by atoms with Crippen molar-refractivity contribution in [3.05, 3.63) is 44.7 Å². The number of hydrogen-bond acceptors (Lipinski definition) is 6. The van der Waals surface area contributed by atoms with E-state index in [0.29, 0.717) is 22.3 Å². The molecule has 3 rings (SSSR count). The first kappa shape index (κ1) is 14.7. The molecule has 3 heterocycles. The molecule has 0 aliphatic heterocycles. The van der Waals surface area contributed by atoms with E-state index in [0.717, 1.165) is 10.6 Å². The minimum absolute atomic E-state index is 0.0570. The average molecular weight is 338 g/mol. The van der Waals surface area contributed by atoms with Crippen molar-refractivity contribution in [3.63, 3.8) is 0 Å². The highest BCUT2D eigenvalue weighted by Gasteiger charge is 2.16. The molecule has 1 amide bonds. The molecule has 1 N–H and O–H groups in total. The Morgan fingerprint density at radius 3 is 2.91 bits per heavy atom. The van der Waals surface area contributed by atoms with Crippen LogP contribution in [0.2, 0.25) is 4.34 Å². The fourth-order valence-corrected chi connectivity index (χ4v) is 3.03. The van der Waals surface area contributed by atoms with Gasteiger partial charge in [0.05, 0.1) is 16.5 Å². The normalized spacial score (nSPS) is 10.9. The third-order valence-electron chi connectivity index (χ3n) is 2.88. The number of anilines is 1. The van der Waals surface area contributed by atoms with Crippen molar-refractivity contribution in [2.24, 2.45) is 7.05 Å². The summed E-state index contributed by atoms with van der Waals surface area (Å²) in [5.74, 6) is 0.0625. The van der Waals surface area contributed by atoms with Gasteiger partial charge < -0.3 is 4.42 Å². The molecule has 9 heteroatoms. The smallest absolute Gasteiger partial charge is 0.322 e. The molecule has 0 radical (unpaired) electrons. The Labute approximate surface area is 134 Å². The summed E-state index contributed by atoms with van der Waals surface area (Å²) in [6.45, 7) is 1.81. The van der Waals surface area contributed by atoms with Crippen molar-refractivity contribution in [1.82, 2.24) is 20.0 Å². The van der Waals surface area contributed by atoms with E-state index < -0.39 is 0 Å². The monoisotopic (exact) mass is 337 g/mol. The second-order valence-corrected chi connectivity index (χ2v) is 6.43. The summed E-state index contributed by atoms with van der Waals surface area (Å²) in [5, 5.41) is 14.4. The zero-order valence-electron chi connectivity index (χ0n) is 11.8. The summed E-state index contributed by atoms with van der Waals surface area (Å²) in [6.07, 6.45) is 0.477. The zero-order chi connectivity index (χ0) is 15.7. The molecule has 0 atom stereocenters. The number of thiophene rings is 1. The average Bonchev–Trinajstić information content (AvgIpc) is 3.13. The molecular formula is C13H12ClN5O2S. The van der Waals surface area contributed by atoms with Crippen LogP contribution in [0.25, 0.3) is 0 Å². The third-order valence-corrected chi connectivity index (χ3v) is 4.11. The van der Waals surface area contributed by atoms with E-state index in [1.54, 1.807) is 13.1 Å². The minimum Gasteiger partial charge on any atom is -0.407 e. The van der Waals surface area contributed by atoms with Crippen LogP contribution < -0.4 is 5.32 Å². The van der Waals surface area contributed by atoms with Crippen LogP contribution in [0.1, 0.15) is 27.0 Å². The van der Waals surface area contributed by atoms with Crippen molar-refractivity contribution in [2.75, 3.05) is 5.32 Å². The van der Waals surface area contributed by atoms with Crippen LogP contribution in [0.4, 0.5) is 6.01 Å². The molecule has 0 spiro atoms. The minimum atomic E-state index is -0.350. The van der Waals surface area contributed by atoms with Crippen molar-refractivity contribution >= 4 is 34.9 Å². The van der Waals surface area contributed by atoms with Crippen molar-refractivity contribution in [3.8, 4) is 0 Å². The fraction of sp³-hybridized carbons (Fsp3) is 0.231. The van der Waals surface area contributed by atoms with Crippen molar-refractivity contribution < 1.29 is 9.21 Å². The molecule has 0 fully saturated rings. The molecule has 0 aromatic carbocycles. The number of aryl methyl sites for hydroxylation is 2. The molecule has 0 saturated carbocycles. The van der Waals surface area contributed by atoms with Crippen LogP contribution in [-0.4, -0.2) is 25.9 Å². The SMILES string of the molecule is Cc1cc(C(=O)Nc2nnc(Cc3ccc(Cl)s3)o2)n(C)n1. The molecule has 22 heavy (non-hydrogen) atoms. The molecule has 0 aliphatic carbocycles.